The van der Waals surface area contributed by atoms with Crippen LogP contribution in [0.2, 0.25) is 0 Å². The summed E-state index contributed by atoms with van der Waals surface area (Å²) < 4.78 is 1.35. The van der Waals surface area contributed by atoms with Gasteiger partial charge >= 0.3 is 0 Å². The van der Waals surface area contributed by atoms with E-state index in [1.807, 2.05) is 0 Å². The maximum absolute atomic E-state index is 2.54. The lowest BCUT2D eigenvalue weighted by Gasteiger charge is -2.15. The first kappa shape index (κ1) is 16.7. The van der Waals surface area contributed by atoms with E-state index in [0.717, 1.165) is 5.92 Å². The van der Waals surface area contributed by atoms with E-state index in [1.165, 1.54) is 75.1 Å². The van der Waals surface area contributed by atoms with Crippen LogP contribution in [0.25, 0.3) is 0 Å². The predicted octanol–water partition coefficient (Wildman–Crippen LogP) is 6.37. The summed E-state index contributed by atoms with van der Waals surface area (Å²) in [6, 6.07) is 0. The van der Waals surface area contributed by atoms with Gasteiger partial charge in [-0.2, -0.15) is 0 Å². The molecule has 0 aromatic rings. The standard InChI is InChI=1S/C15H31I/c1-3-5-7-9-11-15(13-14-16)12-10-8-6-4-2/h15H,3-14H2,1-2H3. The van der Waals surface area contributed by atoms with E-state index in [4.69, 9.17) is 0 Å². The summed E-state index contributed by atoms with van der Waals surface area (Å²) in [6.45, 7) is 4.60. The molecule has 0 bridgehead atoms. The molecular formula is C15H31I. The van der Waals surface area contributed by atoms with Gasteiger partial charge in [-0.05, 0) is 16.8 Å². The number of alkyl halides is 1. The lowest BCUT2D eigenvalue weighted by atomic mass is 9.92. The van der Waals surface area contributed by atoms with E-state index in [-0.39, 0.29) is 0 Å². The lowest BCUT2D eigenvalue weighted by molar-refractivity contribution is 0.399. The first-order chi connectivity index (χ1) is 7.85. The van der Waals surface area contributed by atoms with Crippen molar-refractivity contribution >= 4 is 22.6 Å². The third-order valence-corrected chi connectivity index (χ3v) is 4.07. The van der Waals surface area contributed by atoms with Crippen molar-refractivity contribution < 1.29 is 0 Å². The van der Waals surface area contributed by atoms with Gasteiger partial charge in [0.2, 0.25) is 0 Å². The Balaban J connectivity index is 3.45. The van der Waals surface area contributed by atoms with E-state index in [0.29, 0.717) is 0 Å². The van der Waals surface area contributed by atoms with Gasteiger partial charge in [-0.3, -0.25) is 0 Å². The molecule has 0 amide bonds. The molecule has 0 atom stereocenters. The fourth-order valence-corrected chi connectivity index (χ4v) is 3.19. The fourth-order valence-electron chi connectivity index (χ4n) is 2.31. The highest BCUT2D eigenvalue weighted by atomic mass is 127. The van der Waals surface area contributed by atoms with E-state index in [9.17, 15) is 0 Å². The Morgan fingerprint density at radius 2 is 1.19 bits per heavy atom. The zero-order valence-electron chi connectivity index (χ0n) is 11.4. The normalized spacial score (nSPS) is 11.2. The average Bonchev–Trinajstić information content (AvgIpc) is 2.30. The zero-order chi connectivity index (χ0) is 12.1. The average molecular weight is 338 g/mol. The van der Waals surface area contributed by atoms with Crippen LogP contribution in [0, 0.1) is 5.92 Å². The molecule has 0 heterocycles. The van der Waals surface area contributed by atoms with Gasteiger partial charge in [-0.1, -0.05) is 101 Å². The molecule has 0 saturated heterocycles. The second kappa shape index (κ2) is 13.8. The van der Waals surface area contributed by atoms with Crippen molar-refractivity contribution in [3.63, 3.8) is 0 Å². The summed E-state index contributed by atoms with van der Waals surface area (Å²) >= 11 is 2.54. The maximum atomic E-state index is 2.54. The zero-order valence-corrected chi connectivity index (χ0v) is 13.6. The van der Waals surface area contributed by atoms with E-state index < -0.39 is 0 Å². The van der Waals surface area contributed by atoms with Crippen molar-refractivity contribution in [1.82, 2.24) is 0 Å². The molecule has 0 aromatic heterocycles. The predicted molar refractivity (Wildman–Crippen MR) is 84.5 cm³/mol. The van der Waals surface area contributed by atoms with Crippen LogP contribution in [-0.2, 0) is 0 Å². The second-order valence-corrected chi connectivity index (χ2v) is 6.12. The molecule has 0 spiro atoms. The number of rotatable bonds is 12. The Morgan fingerprint density at radius 1 is 0.688 bits per heavy atom. The number of halogens is 1. The Kier molecular flexibility index (Phi) is 14.4. The third kappa shape index (κ3) is 11.2. The Labute approximate surface area is 117 Å². The van der Waals surface area contributed by atoms with Crippen LogP contribution in [0.3, 0.4) is 0 Å². The van der Waals surface area contributed by atoms with Gasteiger partial charge < -0.3 is 0 Å². The number of hydrogen-bond donors (Lipinski definition) is 0. The molecule has 0 rings (SSSR count). The SMILES string of the molecule is CCCCCCC(CCI)CCCCCC. The summed E-state index contributed by atoms with van der Waals surface area (Å²) in [5, 5.41) is 0. The van der Waals surface area contributed by atoms with Crippen molar-refractivity contribution in [3.05, 3.63) is 0 Å². The lowest BCUT2D eigenvalue weighted by Crippen LogP contribution is -2.01. The molecule has 0 aliphatic rings. The molecule has 98 valence electrons. The van der Waals surface area contributed by atoms with Crippen LogP contribution in [0.5, 0.6) is 0 Å². The molecular weight excluding hydrogens is 307 g/mol. The highest BCUT2D eigenvalue weighted by Crippen LogP contribution is 2.22. The molecule has 0 radical (unpaired) electrons. The van der Waals surface area contributed by atoms with Crippen LogP contribution in [0.4, 0.5) is 0 Å². The molecule has 0 unspecified atom stereocenters. The highest BCUT2D eigenvalue weighted by Gasteiger charge is 2.07. The maximum Gasteiger partial charge on any atom is -0.000209 e. The molecule has 1 heteroatoms. The van der Waals surface area contributed by atoms with Crippen molar-refractivity contribution in [1.29, 1.82) is 0 Å². The van der Waals surface area contributed by atoms with Crippen LogP contribution < -0.4 is 0 Å². The molecule has 16 heavy (non-hydrogen) atoms. The Hall–Kier alpha value is 0.730. The largest absolute Gasteiger partial charge is 0.0864 e. The minimum atomic E-state index is 1.03. The Morgan fingerprint density at radius 3 is 1.56 bits per heavy atom. The summed E-state index contributed by atoms with van der Waals surface area (Å²) in [6.07, 6.45) is 15.9. The van der Waals surface area contributed by atoms with Crippen LogP contribution in [0.15, 0.2) is 0 Å². The van der Waals surface area contributed by atoms with Gasteiger partial charge in [0.25, 0.3) is 0 Å². The van der Waals surface area contributed by atoms with Gasteiger partial charge in [0.15, 0.2) is 0 Å². The van der Waals surface area contributed by atoms with Crippen molar-refractivity contribution in [2.24, 2.45) is 5.92 Å². The van der Waals surface area contributed by atoms with E-state index in [2.05, 4.69) is 36.4 Å². The van der Waals surface area contributed by atoms with Gasteiger partial charge in [0, 0.05) is 0 Å². The van der Waals surface area contributed by atoms with E-state index in [1.54, 1.807) is 0 Å². The van der Waals surface area contributed by atoms with Crippen molar-refractivity contribution in [2.45, 2.75) is 84.5 Å². The summed E-state index contributed by atoms with van der Waals surface area (Å²) in [5.74, 6) is 1.03. The monoisotopic (exact) mass is 338 g/mol. The smallest absolute Gasteiger partial charge is 0.000209 e. The molecule has 0 aliphatic carbocycles. The van der Waals surface area contributed by atoms with Crippen molar-refractivity contribution in [2.75, 3.05) is 4.43 Å². The first-order valence-corrected chi connectivity index (χ1v) is 8.93. The van der Waals surface area contributed by atoms with Crippen LogP contribution in [-0.4, -0.2) is 4.43 Å². The minimum Gasteiger partial charge on any atom is -0.0864 e. The molecule has 0 N–H and O–H groups in total. The fraction of sp³-hybridized carbons (Fsp3) is 1.00. The quantitative estimate of drug-likeness (QED) is 0.220. The van der Waals surface area contributed by atoms with Gasteiger partial charge in [-0.25, -0.2) is 0 Å². The van der Waals surface area contributed by atoms with Crippen molar-refractivity contribution in [3.8, 4) is 0 Å². The second-order valence-electron chi connectivity index (χ2n) is 5.04. The Bertz CT molecular complexity index is 111. The van der Waals surface area contributed by atoms with Gasteiger partial charge in [-0.15, -0.1) is 0 Å². The molecule has 0 aromatic carbocycles. The first-order valence-electron chi connectivity index (χ1n) is 7.41. The van der Waals surface area contributed by atoms with Crippen LogP contribution in [0.1, 0.15) is 84.5 Å². The third-order valence-electron chi connectivity index (χ3n) is 3.45. The number of unbranched alkanes of at least 4 members (excludes halogenated alkanes) is 6. The molecule has 0 fully saturated rings. The molecule has 0 nitrogen and oxygen atoms in total. The van der Waals surface area contributed by atoms with Gasteiger partial charge in [0.05, 0.1) is 0 Å². The number of hydrogen-bond acceptors (Lipinski definition) is 0. The summed E-state index contributed by atoms with van der Waals surface area (Å²) in [5.41, 5.74) is 0. The summed E-state index contributed by atoms with van der Waals surface area (Å²) in [7, 11) is 0. The topological polar surface area (TPSA) is 0 Å². The molecule has 0 aliphatic heterocycles. The minimum absolute atomic E-state index is 1.03. The molecule has 0 saturated carbocycles. The van der Waals surface area contributed by atoms with Gasteiger partial charge in [0.1, 0.15) is 0 Å². The highest BCUT2D eigenvalue weighted by molar-refractivity contribution is 14.1. The van der Waals surface area contributed by atoms with E-state index >= 15 is 0 Å². The summed E-state index contributed by atoms with van der Waals surface area (Å²) in [4.78, 5) is 0. The van der Waals surface area contributed by atoms with Crippen LogP contribution >= 0.6 is 22.6 Å².